The van der Waals surface area contributed by atoms with Gasteiger partial charge in [-0.25, -0.2) is 20.0 Å². The van der Waals surface area contributed by atoms with Gasteiger partial charge in [0.15, 0.2) is 11.7 Å². The number of benzene rings is 7. The number of aromatic nitrogens is 2. The standard InChI is InChI=1S/C47H33N5/c1-5-16-34(17-6-1)41-31-42(49-44(48-41)35-18-7-2-8-19-35)43-39-24-14-13-15-32(39)29-30-40(43)33-25-27-38(28-26-33)47-51-45(36-20-9-3-10-21-36)50-46(52-47)37-22-11-4-12-23-37/h1-31,45H,(H,50,51,52). The lowest BCUT2D eigenvalue weighted by molar-refractivity contribution is 0.674. The van der Waals surface area contributed by atoms with Crippen LogP contribution >= 0.6 is 0 Å². The SMILES string of the molecule is c1ccc(C2=NC(c3ccc(-c4ccc5ccccc5c4-c4cc(-c5ccccc5)nc(-c5ccccc5)n4)cc3)=NC(c3ccccc3)N2)cc1. The Hall–Kier alpha value is -6.98. The van der Waals surface area contributed by atoms with Crippen molar-refractivity contribution in [3.8, 4) is 45.0 Å². The van der Waals surface area contributed by atoms with E-state index in [0.717, 1.165) is 72.5 Å². The molecule has 0 radical (unpaired) electrons. The maximum Gasteiger partial charge on any atom is 0.160 e. The fourth-order valence-corrected chi connectivity index (χ4v) is 6.76. The number of rotatable bonds is 7. The molecule has 0 amide bonds. The molecule has 0 saturated carbocycles. The van der Waals surface area contributed by atoms with Crippen LogP contribution in [0.2, 0.25) is 0 Å². The Morgan fingerprint density at radius 1 is 0.442 bits per heavy atom. The van der Waals surface area contributed by atoms with E-state index in [1.165, 1.54) is 0 Å². The van der Waals surface area contributed by atoms with Gasteiger partial charge in [0.25, 0.3) is 0 Å². The van der Waals surface area contributed by atoms with Gasteiger partial charge in [0, 0.05) is 27.8 Å². The van der Waals surface area contributed by atoms with Crippen LogP contribution in [0.1, 0.15) is 22.9 Å². The van der Waals surface area contributed by atoms with Crippen LogP contribution in [0, 0.1) is 0 Å². The molecule has 0 fully saturated rings. The second-order valence-electron chi connectivity index (χ2n) is 12.7. The van der Waals surface area contributed by atoms with Gasteiger partial charge >= 0.3 is 0 Å². The van der Waals surface area contributed by atoms with Crippen molar-refractivity contribution in [1.82, 2.24) is 15.3 Å². The first kappa shape index (κ1) is 31.0. The van der Waals surface area contributed by atoms with Gasteiger partial charge in [-0.05, 0) is 33.5 Å². The van der Waals surface area contributed by atoms with Crippen molar-refractivity contribution >= 4 is 22.4 Å². The van der Waals surface area contributed by atoms with Crippen molar-refractivity contribution in [2.75, 3.05) is 0 Å². The molecule has 9 rings (SSSR count). The third-order valence-corrected chi connectivity index (χ3v) is 9.37. The Balaban J connectivity index is 1.18. The summed E-state index contributed by atoms with van der Waals surface area (Å²) in [6.07, 6.45) is -0.258. The Bertz CT molecular complexity index is 2510. The predicted octanol–water partition coefficient (Wildman–Crippen LogP) is 10.8. The lowest BCUT2D eigenvalue weighted by Crippen LogP contribution is -2.33. The molecule has 52 heavy (non-hydrogen) atoms. The van der Waals surface area contributed by atoms with Gasteiger partial charge in [-0.3, -0.25) is 0 Å². The van der Waals surface area contributed by atoms with E-state index >= 15 is 0 Å². The molecule has 0 aliphatic carbocycles. The van der Waals surface area contributed by atoms with Crippen LogP contribution in [0.3, 0.4) is 0 Å². The molecule has 246 valence electrons. The molecule has 0 bridgehead atoms. The number of fused-ring (bicyclic) bond motifs is 1. The van der Waals surface area contributed by atoms with Crippen LogP contribution in [-0.4, -0.2) is 21.6 Å². The minimum absolute atomic E-state index is 0.258. The summed E-state index contributed by atoms with van der Waals surface area (Å²) in [6, 6.07) is 64.6. The summed E-state index contributed by atoms with van der Waals surface area (Å²) in [4.78, 5) is 20.4. The maximum atomic E-state index is 5.25. The van der Waals surface area contributed by atoms with Gasteiger partial charge in [0.2, 0.25) is 0 Å². The number of aliphatic imine (C=N–C) groups is 2. The normalized spacial score (nSPS) is 14.0. The first-order chi connectivity index (χ1) is 25.8. The number of hydrogen-bond donors (Lipinski definition) is 1. The predicted molar refractivity (Wildman–Crippen MR) is 213 cm³/mol. The fourth-order valence-electron chi connectivity index (χ4n) is 6.76. The molecule has 5 nitrogen and oxygen atoms in total. The lowest BCUT2D eigenvalue weighted by Gasteiger charge is -2.23. The molecule has 0 spiro atoms. The zero-order chi connectivity index (χ0) is 34.7. The van der Waals surface area contributed by atoms with E-state index in [1.807, 2.05) is 72.8 Å². The molecule has 1 aliphatic heterocycles. The Morgan fingerprint density at radius 2 is 1.02 bits per heavy atom. The molecule has 1 atom stereocenters. The fraction of sp³-hybridized carbons (Fsp3) is 0.0213. The first-order valence-corrected chi connectivity index (χ1v) is 17.4. The lowest BCUT2D eigenvalue weighted by atomic mass is 9.91. The van der Waals surface area contributed by atoms with Crippen LogP contribution in [0.25, 0.3) is 55.8 Å². The highest BCUT2D eigenvalue weighted by Gasteiger charge is 2.22. The van der Waals surface area contributed by atoms with Gasteiger partial charge in [-0.15, -0.1) is 0 Å². The quantitative estimate of drug-likeness (QED) is 0.184. The summed E-state index contributed by atoms with van der Waals surface area (Å²) in [5, 5.41) is 5.83. The summed E-state index contributed by atoms with van der Waals surface area (Å²) in [5.41, 5.74) is 10.0. The van der Waals surface area contributed by atoms with E-state index in [0.29, 0.717) is 11.7 Å². The monoisotopic (exact) mass is 667 g/mol. The van der Waals surface area contributed by atoms with Gasteiger partial charge in [-0.1, -0.05) is 182 Å². The molecule has 7 aromatic carbocycles. The van der Waals surface area contributed by atoms with E-state index in [2.05, 4.69) is 121 Å². The van der Waals surface area contributed by atoms with Crippen LogP contribution in [-0.2, 0) is 0 Å². The third kappa shape index (κ3) is 6.16. The number of nitrogens with zero attached hydrogens (tertiary/aromatic N) is 4. The minimum Gasteiger partial charge on any atom is -0.344 e. The highest BCUT2D eigenvalue weighted by atomic mass is 15.2. The molecule has 5 heteroatoms. The minimum atomic E-state index is -0.258. The Morgan fingerprint density at radius 3 is 1.73 bits per heavy atom. The molecule has 1 aromatic heterocycles. The molecule has 1 aliphatic rings. The van der Waals surface area contributed by atoms with Gasteiger partial charge in [0.05, 0.1) is 11.4 Å². The van der Waals surface area contributed by atoms with Crippen LogP contribution < -0.4 is 5.32 Å². The molecule has 8 aromatic rings. The molecular formula is C47H33N5. The molecule has 0 saturated heterocycles. The van der Waals surface area contributed by atoms with Crippen molar-refractivity contribution in [2.45, 2.75) is 6.17 Å². The molecule has 2 heterocycles. The van der Waals surface area contributed by atoms with E-state index in [4.69, 9.17) is 20.0 Å². The van der Waals surface area contributed by atoms with Crippen LogP contribution in [0.4, 0.5) is 0 Å². The summed E-state index contributed by atoms with van der Waals surface area (Å²) >= 11 is 0. The van der Waals surface area contributed by atoms with Crippen molar-refractivity contribution in [2.24, 2.45) is 9.98 Å². The smallest absolute Gasteiger partial charge is 0.160 e. The van der Waals surface area contributed by atoms with E-state index in [-0.39, 0.29) is 6.17 Å². The molecule has 1 unspecified atom stereocenters. The second-order valence-corrected chi connectivity index (χ2v) is 12.7. The highest BCUT2D eigenvalue weighted by Crippen LogP contribution is 2.39. The van der Waals surface area contributed by atoms with Gasteiger partial charge in [0.1, 0.15) is 12.0 Å². The van der Waals surface area contributed by atoms with Crippen LogP contribution in [0.5, 0.6) is 0 Å². The number of amidine groups is 2. The average molecular weight is 668 g/mol. The Labute approximate surface area is 302 Å². The summed E-state index contributed by atoms with van der Waals surface area (Å²) in [5.74, 6) is 2.18. The third-order valence-electron chi connectivity index (χ3n) is 9.37. The van der Waals surface area contributed by atoms with E-state index in [9.17, 15) is 0 Å². The first-order valence-electron chi connectivity index (χ1n) is 17.4. The van der Waals surface area contributed by atoms with E-state index in [1.54, 1.807) is 0 Å². The van der Waals surface area contributed by atoms with Crippen molar-refractivity contribution < 1.29 is 0 Å². The highest BCUT2D eigenvalue weighted by molar-refractivity contribution is 6.13. The molecule has 1 N–H and O–H groups in total. The zero-order valence-corrected chi connectivity index (χ0v) is 28.3. The van der Waals surface area contributed by atoms with Gasteiger partial charge in [-0.2, -0.15) is 0 Å². The van der Waals surface area contributed by atoms with Crippen LogP contribution in [0.15, 0.2) is 198 Å². The number of hydrogen-bond acceptors (Lipinski definition) is 5. The summed E-state index contributed by atoms with van der Waals surface area (Å²) in [7, 11) is 0. The topological polar surface area (TPSA) is 62.5 Å². The largest absolute Gasteiger partial charge is 0.344 e. The zero-order valence-electron chi connectivity index (χ0n) is 28.3. The summed E-state index contributed by atoms with van der Waals surface area (Å²) < 4.78 is 0. The van der Waals surface area contributed by atoms with Crippen molar-refractivity contribution in [3.05, 3.63) is 205 Å². The maximum absolute atomic E-state index is 5.25. The average Bonchev–Trinajstić information content (AvgIpc) is 3.24. The molecular weight excluding hydrogens is 635 g/mol. The van der Waals surface area contributed by atoms with Crippen molar-refractivity contribution in [1.29, 1.82) is 0 Å². The number of nitrogens with one attached hydrogen (secondary N) is 1. The van der Waals surface area contributed by atoms with E-state index < -0.39 is 0 Å². The Kier molecular flexibility index (Phi) is 8.20. The second kappa shape index (κ2) is 13.7. The summed E-state index contributed by atoms with van der Waals surface area (Å²) in [6.45, 7) is 0. The van der Waals surface area contributed by atoms with Crippen molar-refractivity contribution in [3.63, 3.8) is 0 Å². The van der Waals surface area contributed by atoms with Gasteiger partial charge < -0.3 is 5.32 Å².